The van der Waals surface area contributed by atoms with E-state index < -0.39 is 10.9 Å². The van der Waals surface area contributed by atoms with Gasteiger partial charge in [0.2, 0.25) is 0 Å². The lowest BCUT2D eigenvalue weighted by atomic mass is 10.1. The first-order valence-corrected chi connectivity index (χ1v) is 6.13. The zero-order valence-electron chi connectivity index (χ0n) is 11.5. The lowest BCUT2D eigenvalue weighted by molar-refractivity contribution is -0.385. The van der Waals surface area contributed by atoms with Gasteiger partial charge in [-0.15, -0.1) is 0 Å². The van der Waals surface area contributed by atoms with Crippen molar-refractivity contribution in [2.45, 2.75) is 6.92 Å². The Morgan fingerprint density at radius 1 is 1.14 bits per heavy atom. The Labute approximate surface area is 121 Å². The largest absolute Gasteiger partial charge is 0.493 e. The summed E-state index contributed by atoms with van der Waals surface area (Å²) in [6.07, 6.45) is 0. The topological polar surface area (TPSA) is 78.7 Å². The van der Waals surface area contributed by atoms with E-state index in [4.69, 9.17) is 9.47 Å². The van der Waals surface area contributed by atoms with Crippen LogP contribution >= 0.6 is 0 Å². The van der Waals surface area contributed by atoms with Crippen molar-refractivity contribution in [2.75, 3.05) is 7.11 Å². The van der Waals surface area contributed by atoms with Crippen LogP contribution in [0.25, 0.3) is 0 Å². The number of nitrogens with zero attached hydrogens (tertiary/aromatic N) is 1. The SMILES string of the molecule is COc1ccccc1OC(=O)c1ccc(C)c([N+](=O)[O-])c1. The summed E-state index contributed by atoms with van der Waals surface area (Å²) < 4.78 is 10.3. The van der Waals surface area contributed by atoms with E-state index in [0.29, 0.717) is 11.3 Å². The number of carbonyl (C=O) groups is 1. The molecule has 0 heterocycles. The highest BCUT2D eigenvalue weighted by Crippen LogP contribution is 2.27. The standard InChI is InChI=1S/C15H13NO5/c1-10-7-8-11(9-12(10)16(18)19)15(17)21-14-6-4-3-5-13(14)20-2/h3-9H,1-2H3. The molecule has 0 aliphatic carbocycles. The molecule has 2 rings (SSSR count). The van der Waals surface area contributed by atoms with Gasteiger partial charge in [-0.05, 0) is 25.1 Å². The summed E-state index contributed by atoms with van der Waals surface area (Å²) in [5.41, 5.74) is 0.469. The molecule has 0 bridgehead atoms. The van der Waals surface area contributed by atoms with Crippen molar-refractivity contribution >= 4 is 11.7 Å². The number of nitro benzene ring substituents is 1. The summed E-state index contributed by atoms with van der Waals surface area (Å²) >= 11 is 0. The van der Waals surface area contributed by atoms with E-state index >= 15 is 0 Å². The molecule has 0 aliphatic rings. The Hall–Kier alpha value is -2.89. The highest BCUT2D eigenvalue weighted by atomic mass is 16.6. The number of rotatable bonds is 4. The summed E-state index contributed by atoms with van der Waals surface area (Å²) in [6, 6.07) is 10.9. The molecule has 0 amide bonds. The molecule has 0 saturated carbocycles. The average Bonchev–Trinajstić information content (AvgIpc) is 2.47. The Kier molecular flexibility index (Phi) is 4.18. The van der Waals surface area contributed by atoms with Gasteiger partial charge in [0.25, 0.3) is 5.69 Å². The third-order valence-electron chi connectivity index (χ3n) is 2.91. The number of benzene rings is 2. The Morgan fingerprint density at radius 2 is 1.81 bits per heavy atom. The molecule has 0 fully saturated rings. The maximum absolute atomic E-state index is 12.1. The second-order valence-corrected chi connectivity index (χ2v) is 4.30. The van der Waals surface area contributed by atoms with Gasteiger partial charge >= 0.3 is 5.97 Å². The van der Waals surface area contributed by atoms with Crippen molar-refractivity contribution < 1.29 is 19.2 Å². The molecule has 108 valence electrons. The quantitative estimate of drug-likeness (QED) is 0.373. The van der Waals surface area contributed by atoms with Crippen LogP contribution in [0.4, 0.5) is 5.69 Å². The van der Waals surface area contributed by atoms with E-state index in [0.717, 1.165) is 0 Å². The molecule has 6 heteroatoms. The van der Waals surface area contributed by atoms with Crippen molar-refractivity contribution in [3.05, 3.63) is 63.7 Å². The van der Waals surface area contributed by atoms with Crippen LogP contribution in [0.3, 0.4) is 0 Å². The number of esters is 1. The molecule has 0 aliphatic heterocycles. The lowest BCUT2D eigenvalue weighted by Gasteiger charge is -2.08. The van der Waals surface area contributed by atoms with Crippen LogP contribution < -0.4 is 9.47 Å². The number of carbonyl (C=O) groups excluding carboxylic acids is 1. The van der Waals surface area contributed by atoms with Crippen LogP contribution in [0, 0.1) is 17.0 Å². The fourth-order valence-electron chi connectivity index (χ4n) is 1.79. The summed E-state index contributed by atoms with van der Waals surface area (Å²) in [5.74, 6) is -0.0108. The zero-order valence-corrected chi connectivity index (χ0v) is 11.5. The van der Waals surface area contributed by atoms with Gasteiger partial charge in [0.1, 0.15) is 0 Å². The van der Waals surface area contributed by atoms with E-state index in [-0.39, 0.29) is 17.0 Å². The second kappa shape index (κ2) is 6.04. The summed E-state index contributed by atoms with van der Waals surface area (Å²) in [4.78, 5) is 22.4. The molecule has 0 unspecified atom stereocenters. The van der Waals surface area contributed by atoms with Gasteiger partial charge in [-0.25, -0.2) is 4.79 Å². The molecule has 21 heavy (non-hydrogen) atoms. The van der Waals surface area contributed by atoms with E-state index in [1.54, 1.807) is 31.2 Å². The van der Waals surface area contributed by atoms with Crippen LogP contribution in [0.15, 0.2) is 42.5 Å². The number of hydrogen-bond donors (Lipinski definition) is 0. The van der Waals surface area contributed by atoms with Crippen molar-refractivity contribution in [3.63, 3.8) is 0 Å². The number of para-hydroxylation sites is 2. The van der Waals surface area contributed by atoms with Gasteiger partial charge < -0.3 is 9.47 Å². The minimum absolute atomic E-state index is 0.109. The van der Waals surface area contributed by atoms with Gasteiger partial charge in [0.15, 0.2) is 11.5 Å². The van der Waals surface area contributed by atoms with Crippen LogP contribution in [0.2, 0.25) is 0 Å². The monoisotopic (exact) mass is 287 g/mol. The maximum atomic E-state index is 12.1. The zero-order chi connectivity index (χ0) is 15.4. The molecule has 0 saturated heterocycles. The van der Waals surface area contributed by atoms with Gasteiger partial charge in [0.05, 0.1) is 17.6 Å². The molecule has 6 nitrogen and oxygen atoms in total. The highest BCUT2D eigenvalue weighted by molar-refractivity contribution is 5.92. The van der Waals surface area contributed by atoms with Crippen LogP contribution in [0.5, 0.6) is 11.5 Å². The van der Waals surface area contributed by atoms with Crippen LogP contribution in [-0.4, -0.2) is 18.0 Å². The van der Waals surface area contributed by atoms with Gasteiger partial charge in [-0.2, -0.15) is 0 Å². The van der Waals surface area contributed by atoms with Gasteiger partial charge in [0, 0.05) is 11.6 Å². The van der Waals surface area contributed by atoms with E-state index in [1.807, 2.05) is 0 Å². The Balaban J connectivity index is 2.29. The number of hydrogen-bond acceptors (Lipinski definition) is 5. The molecular formula is C15H13NO5. The number of methoxy groups -OCH3 is 1. The third-order valence-corrected chi connectivity index (χ3v) is 2.91. The number of aryl methyl sites for hydroxylation is 1. The summed E-state index contributed by atoms with van der Waals surface area (Å²) in [5, 5.41) is 10.9. The first kappa shape index (κ1) is 14.5. The van der Waals surface area contributed by atoms with Gasteiger partial charge in [-0.3, -0.25) is 10.1 Å². The minimum atomic E-state index is -0.678. The van der Waals surface area contributed by atoms with Crippen LogP contribution in [0.1, 0.15) is 15.9 Å². The molecule has 0 atom stereocenters. The van der Waals surface area contributed by atoms with Crippen molar-refractivity contribution in [1.29, 1.82) is 0 Å². The fraction of sp³-hybridized carbons (Fsp3) is 0.133. The maximum Gasteiger partial charge on any atom is 0.343 e. The normalized spacial score (nSPS) is 10.0. The Bertz CT molecular complexity index is 696. The van der Waals surface area contributed by atoms with E-state index in [2.05, 4.69) is 0 Å². The average molecular weight is 287 g/mol. The number of nitro groups is 1. The fourth-order valence-corrected chi connectivity index (χ4v) is 1.79. The van der Waals surface area contributed by atoms with Crippen molar-refractivity contribution in [2.24, 2.45) is 0 Å². The Morgan fingerprint density at radius 3 is 2.43 bits per heavy atom. The van der Waals surface area contributed by atoms with Crippen LogP contribution in [-0.2, 0) is 0 Å². The van der Waals surface area contributed by atoms with Gasteiger partial charge in [-0.1, -0.05) is 18.2 Å². The molecule has 0 radical (unpaired) electrons. The molecule has 0 aromatic heterocycles. The summed E-state index contributed by atoms with van der Waals surface area (Å²) in [6.45, 7) is 1.60. The highest BCUT2D eigenvalue weighted by Gasteiger charge is 2.17. The van der Waals surface area contributed by atoms with Crippen molar-refractivity contribution in [3.8, 4) is 11.5 Å². The summed E-state index contributed by atoms with van der Waals surface area (Å²) in [7, 11) is 1.46. The van der Waals surface area contributed by atoms with E-state index in [9.17, 15) is 14.9 Å². The molecule has 0 spiro atoms. The molecule has 2 aromatic carbocycles. The predicted molar refractivity (Wildman–Crippen MR) is 75.8 cm³/mol. The number of ether oxygens (including phenoxy) is 2. The smallest absolute Gasteiger partial charge is 0.343 e. The first-order chi connectivity index (χ1) is 10.0. The third kappa shape index (κ3) is 3.17. The molecule has 0 N–H and O–H groups in total. The molecular weight excluding hydrogens is 274 g/mol. The molecule has 2 aromatic rings. The lowest BCUT2D eigenvalue weighted by Crippen LogP contribution is -2.10. The minimum Gasteiger partial charge on any atom is -0.493 e. The predicted octanol–water partition coefficient (Wildman–Crippen LogP) is 3.13. The van der Waals surface area contributed by atoms with E-state index in [1.165, 1.54) is 25.3 Å². The van der Waals surface area contributed by atoms with Crippen molar-refractivity contribution in [1.82, 2.24) is 0 Å². The second-order valence-electron chi connectivity index (χ2n) is 4.30. The first-order valence-electron chi connectivity index (χ1n) is 6.13.